The van der Waals surface area contributed by atoms with Crippen molar-refractivity contribution in [3.63, 3.8) is 0 Å². The van der Waals surface area contributed by atoms with E-state index in [1.165, 1.54) is 32.4 Å². The number of ether oxygens (including phenoxy) is 1. The minimum atomic E-state index is 0.124. The first-order valence-electron chi connectivity index (χ1n) is 7.27. The molecule has 2 aliphatic rings. The molecule has 2 atom stereocenters. The lowest BCUT2D eigenvalue weighted by molar-refractivity contribution is 0.185. The Morgan fingerprint density at radius 1 is 1.42 bits per heavy atom. The van der Waals surface area contributed by atoms with E-state index in [4.69, 9.17) is 10.6 Å². The standard InChI is InChI=1S/C13H27N5O/c1-11(10-19-2)15-13(16-14)18-8-4-7-17-6-3-5-12(17)9-18/h11-12H,3-10,14H2,1-2H3,(H,15,16). The second-order valence-electron chi connectivity index (χ2n) is 5.53. The fraction of sp³-hybridized carbons (Fsp3) is 0.923. The molecule has 2 rings (SSSR count). The van der Waals surface area contributed by atoms with Crippen molar-refractivity contribution in [1.29, 1.82) is 0 Å². The molecule has 0 aromatic heterocycles. The Kier molecular flexibility index (Phi) is 5.42. The second-order valence-corrected chi connectivity index (χ2v) is 5.53. The molecular weight excluding hydrogens is 242 g/mol. The number of guanidine groups is 1. The molecule has 0 saturated carbocycles. The van der Waals surface area contributed by atoms with Crippen molar-refractivity contribution in [2.24, 2.45) is 10.8 Å². The van der Waals surface area contributed by atoms with Gasteiger partial charge in [-0.25, -0.2) is 10.8 Å². The maximum Gasteiger partial charge on any atom is 0.208 e. The van der Waals surface area contributed by atoms with Gasteiger partial charge >= 0.3 is 0 Å². The molecule has 0 aliphatic carbocycles. The predicted molar refractivity (Wildman–Crippen MR) is 76.9 cm³/mol. The molecule has 6 heteroatoms. The molecule has 110 valence electrons. The third-order valence-corrected chi connectivity index (χ3v) is 3.98. The van der Waals surface area contributed by atoms with Crippen LogP contribution in [0.4, 0.5) is 0 Å². The Balaban J connectivity index is 2.00. The summed E-state index contributed by atoms with van der Waals surface area (Å²) in [6.07, 6.45) is 3.79. The summed E-state index contributed by atoms with van der Waals surface area (Å²) >= 11 is 0. The quantitative estimate of drug-likeness (QED) is 0.327. The minimum absolute atomic E-state index is 0.124. The summed E-state index contributed by atoms with van der Waals surface area (Å²) < 4.78 is 5.13. The fourth-order valence-corrected chi connectivity index (χ4v) is 3.10. The van der Waals surface area contributed by atoms with Crippen LogP contribution in [0.15, 0.2) is 4.99 Å². The maximum atomic E-state index is 5.66. The largest absolute Gasteiger partial charge is 0.382 e. The summed E-state index contributed by atoms with van der Waals surface area (Å²) in [4.78, 5) is 9.52. The van der Waals surface area contributed by atoms with Crippen LogP contribution in [-0.4, -0.2) is 67.7 Å². The molecule has 0 spiro atoms. The van der Waals surface area contributed by atoms with Crippen molar-refractivity contribution in [1.82, 2.24) is 15.2 Å². The van der Waals surface area contributed by atoms with Crippen LogP contribution in [0, 0.1) is 0 Å². The van der Waals surface area contributed by atoms with Crippen LogP contribution in [0.25, 0.3) is 0 Å². The van der Waals surface area contributed by atoms with Gasteiger partial charge in [-0.2, -0.15) is 0 Å². The summed E-state index contributed by atoms with van der Waals surface area (Å²) in [5.74, 6) is 6.46. The number of nitrogens with one attached hydrogen (secondary N) is 1. The highest BCUT2D eigenvalue weighted by atomic mass is 16.5. The van der Waals surface area contributed by atoms with E-state index in [-0.39, 0.29) is 6.04 Å². The summed E-state index contributed by atoms with van der Waals surface area (Å²) in [6, 6.07) is 0.790. The molecule has 0 aromatic carbocycles. The van der Waals surface area contributed by atoms with Gasteiger partial charge in [0.2, 0.25) is 5.96 Å². The van der Waals surface area contributed by atoms with E-state index in [1.54, 1.807) is 7.11 Å². The van der Waals surface area contributed by atoms with Crippen LogP contribution in [-0.2, 0) is 4.74 Å². The molecule has 19 heavy (non-hydrogen) atoms. The molecule has 0 bridgehead atoms. The highest BCUT2D eigenvalue weighted by Crippen LogP contribution is 2.21. The first kappa shape index (κ1) is 14.6. The Hall–Kier alpha value is -0.850. The molecule has 3 N–H and O–H groups in total. The normalized spacial score (nSPS) is 27.0. The molecule has 2 heterocycles. The lowest BCUT2D eigenvalue weighted by Gasteiger charge is -2.28. The van der Waals surface area contributed by atoms with Crippen LogP contribution in [0.3, 0.4) is 0 Å². The highest BCUT2D eigenvalue weighted by molar-refractivity contribution is 5.79. The topological polar surface area (TPSA) is 66.1 Å². The SMILES string of the molecule is COCC(C)N=C(NN)N1CCCN2CCCC2C1. The highest BCUT2D eigenvalue weighted by Gasteiger charge is 2.29. The van der Waals surface area contributed by atoms with Crippen LogP contribution in [0.5, 0.6) is 0 Å². The van der Waals surface area contributed by atoms with E-state index in [0.29, 0.717) is 12.6 Å². The third-order valence-electron chi connectivity index (χ3n) is 3.98. The fourth-order valence-electron chi connectivity index (χ4n) is 3.10. The van der Waals surface area contributed by atoms with Crippen LogP contribution >= 0.6 is 0 Å². The molecule has 2 unspecified atom stereocenters. The van der Waals surface area contributed by atoms with Gasteiger partial charge in [0, 0.05) is 32.8 Å². The van der Waals surface area contributed by atoms with E-state index in [1.807, 2.05) is 6.92 Å². The van der Waals surface area contributed by atoms with Gasteiger partial charge in [-0.1, -0.05) is 0 Å². The number of aliphatic imine (C=N–C) groups is 1. The van der Waals surface area contributed by atoms with Gasteiger partial charge in [0.05, 0.1) is 12.6 Å². The lowest BCUT2D eigenvalue weighted by atomic mass is 10.2. The molecule has 0 radical (unpaired) electrons. The van der Waals surface area contributed by atoms with Gasteiger partial charge in [-0.05, 0) is 32.7 Å². The molecule has 2 fully saturated rings. The van der Waals surface area contributed by atoms with Crippen molar-refractivity contribution in [2.75, 3.05) is 39.9 Å². The van der Waals surface area contributed by atoms with Crippen LogP contribution < -0.4 is 11.3 Å². The zero-order valence-electron chi connectivity index (χ0n) is 12.1. The smallest absolute Gasteiger partial charge is 0.208 e. The predicted octanol–water partition coefficient (Wildman–Crippen LogP) is 0.0107. The molecule has 0 amide bonds. The van der Waals surface area contributed by atoms with E-state index >= 15 is 0 Å². The number of nitrogens with two attached hydrogens (primary N) is 1. The van der Waals surface area contributed by atoms with Crippen LogP contribution in [0.2, 0.25) is 0 Å². The zero-order valence-corrected chi connectivity index (χ0v) is 12.1. The zero-order chi connectivity index (χ0) is 13.7. The van der Waals surface area contributed by atoms with E-state index in [0.717, 1.165) is 19.0 Å². The molecular formula is C13H27N5O. The molecule has 2 aliphatic heterocycles. The molecule has 2 saturated heterocycles. The number of fused-ring (bicyclic) bond motifs is 1. The van der Waals surface area contributed by atoms with Gasteiger partial charge < -0.3 is 9.64 Å². The van der Waals surface area contributed by atoms with Crippen molar-refractivity contribution in [2.45, 2.75) is 38.3 Å². The minimum Gasteiger partial charge on any atom is -0.382 e. The average Bonchev–Trinajstić information content (AvgIpc) is 2.74. The number of hydrazine groups is 1. The van der Waals surface area contributed by atoms with Gasteiger partial charge in [0.1, 0.15) is 0 Å². The number of nitrogens with zero attached hydrogens (tertiary/aromatic N) is 3. The van der Waals surface area contributed by atoms with E-state index in [2.05, 4.69) is 20.2 Å². The summed E-state index contributed by atoms with van der Waals surface area (Å²) in [5.41, 5.74) is 2.77. The summed E-state index contributed by atoms with van der Waals surface area (Å²) in [7, 11) is 1.70. The second kappa shape index (κ2) is 7.07. The Bertz CT molecular complexity index is 309. The first-order valence-corrected chi connectivity index (χ1v) is 7.27. The lowest BCUT2D eigenvalue weighted by Crippen LogP contribution is -2.48. The first-order chi connectivity index (χ1) is 9.24. The maximum absolute atomic E-state index is 5.66. The van der Waals surface area contributed by atoms with Gasteiger partial charge in [-0.3, -0.25) is 10.3 Å². The number of hydrogen-bond acceptors (Lipinski definition) is 4. The number of rotatable bonds is 3. The summed E-state index contributed by atoms with van der Waals surface area (Å²) in [5, 5.41) is 0. The van der Waals surface area contributed by atoms with Crippen LogP contribution in [0.1, 0.15) is 26.2 Å². The Morgan fingerprint density at radius 2 is 2.21 bits per heavy atom. The third kappa shape index (κ3) is 3.81. The van der Waals surface area contributed by atoms with Crippen molar-refractivity contribution in [3.05, 3.63) is 0 Å². The van der Waals surface area contributed by atoms with Crippen molar-refractivity contribution in [3.8, 4) is 0 Å². The Labute approximate surface area is 115 Å². The van der Waals surface area contributed by atoms with Gasteiger partial charge in [0.25, 0.3) is 0 Å². The Morgan fingerprint density at radius 3 is 2.95 bits per heavy atom. The van der Waals surface area contributed by atoms with E-state index < -0.39 is 0 Å². The number of hydrogen-bond donors (Lipinski definition) is 2. The summed E-state index contributed by atoms with van der Waals surface area (Å²) in [6.45, 7) is 7.17. The monoisotopic (exact) mass is 269 g/mol. The average molecular weight is 269 g/mol. The number of methoxy groups -OCH3 is 1. The molecule has 0 aromatic rings. The van der Waals surface area contributed by atoms with Crippen molar-refractivity contribution >= 4 is 5.96 Å². The van der Waals surface area contributed by atoms with E-state index in [9.17, 15) is 0 Å². The molecule has 6 nitrogen and oxygen atoms in total. The van der Waals surface area contributed by atoms with Crippen molar-refractivity contribution < 1.29 is 4.74 Å². The van der Waals surface area contributed by atoms with Gasteiger partial charge in [0.15, 0.2) is 0 Å². The van der Waals surface area contributed by atoms with Gasteiger partial charge in [-0.15, -0.1) is 0 Å².